The number of rotatable bonds is 11. The van der Waals surface area contributed by atoms with Crippen LogP contribution in [0.25, 0.3) is 0 Å². The molecule has 22 heavy (non-hydrogen) atoms. The first-order valence-corrected chi connectivity index (χ1v) is 7.91. The normalized spacial score (nSPS) is 11.0. The molecule has 0 bridgehead atoms. The number of guanidine groups is 1. The van der Waals surface area contributed by atoms with Crippen molar-refractivity contribution in [2.75, 3.05) is 33.4 Å². The van der Waals surface area contributed by atoms with Crippen LogP contribution in [0.5, 0.6) is 0 Å². The summed E-state index contributed by atoms with van der Waals surface area (Å²) in [5.74, 6) is 0.776. The zero-order valence-corrected chi connectivity index (χ0v) is 16.7. The van der Waals surface area contributed by atoms with Gasteiger partial charge in [0.05, 0.1) is 0 Å². The second-order valence-corrected chi connectivity index (χ2v) is 5.22. The molecule has 6 nitrogen and oxygen atoms in total. The van der Waals surface area contributed by atoms with E-state index in [1.54, 1.807) is 7.05 Å². The average Bonchev–Trinajstić information content (AvgIpc) is 2.43. The van der Waals surface area contributed by atoms with Gasteiger partial charge < -0.3 is 20.7 Å². The number of carbonyl (C=O) groups is 1. The van der Waals surface area contributed by atoms with Gasteiger partial charge in [0, 0.05) is 45.8 Å². The molecular weight excluding hydrogens is 395 g/mol. The molecule has 0 spiro atoms. The van der Waals surface area contributed by atoms with E-state index in [2.05, 4.69) is 27.9 Å². The lowest BCUT2D eigenvalue weighted by Gasteiger charge is -2.12. The van der Waals surface area contributed by atoms with E-state index >= 15 is 0 Å². The van der Waals surface area contributed by atoms with Gasteiger partial charge in [-0.3, -0.25) is 9.79 Å². The van der Waals surface area contributed by atoms with E-state index in [9.17, 15) is 4.79 Å². The van der Waals surface area contributed by atoms with Crippen LogP contribution in [0.4, 0.5) is 0 Å². The van der Waals surface area contributed by atoms with Crippen LogP contribution in [0.3, 0.4) is 0 Å². The lowest BCUT2D eigenvalue weighted by Crippen LogP contribution is -2.40. The van der Waals surface area contributed by atoms with Gasteiger partial charge in [0.2, 0.25) is 5.91 Å². The maximum atomic E-state index is 11.5. The van der Waals surface area contributed by atoms with Crippen molar-refractivity contribution in [2.24, 2.45) is 4.99 Å². The second kappa shape index (κ2) is 16.8. The summed E-state index contributed by atoms with van der Waals surface area (Å²) >= 11 is 0. The highest BCUT2D eigenvalue weighted by Gasteiger charge is 2.03. The highest BCUT2D eigenvalue weighted by molar-refractivity contribution is 14.0. The largest absolute Gasteiger partial charge is 0.381 e. The number of ether oxygens (including phenoxy) is 1. The van der Waals surface area contributed by atoms with E-state index in [1.807, 2.05) is 13.8 Å². The zero-order valence-electron chi connectivity index (χ0n) is 14.4. The number of unbranched alkanes of at least 4 members (excludes halogenated alkanes) is 1. The first-order chi connectivity index (χ1) is 10.1. The second-order valence-electron chi connectivity index (χ2n) is 5.22. The Morgan fingerprint density at radius 3 is 2.36 bits per heavy atom. The van der Waals surface area contributed by atoms with E-state index < -0.39 is 0 Å². The summed E-state index contributed by atoms with van der Waals surface area (Å²) in [6, 6.07) is 0.183. The van der Waals surface area contributed by atoms with Crippen LogP contribution in [0.2, 0.25) is 0 Å². The Morgan fingerprint density at radius 2 is 1.77 bits per heavy atom. The third-order valence-corrected chi connectivity index (χ3v) is 2.72. The SMILES string of the molecule is CCCCOCCCNC(=NC)NCCC(=O)NC(C)C.I. The zero-order chi connectivity index (χ0) is 15.9. The molecule has 1 amide bonds. The highest BCUT2D eigenvalue weighted by Crippen LogP contribution is 1.89. The number of hydrogen-bond acceptors (Lipinski definition) is 3. The summed E-state index contributed by atoms with van der Waals surface area (Å²) in [5, 5.41) is 9.18. The quantitative estimate of drug-likeness (QED) is 0.203. The number of halogens is 1. The Morgan fingerprint density at radius 1 is 1.14 bits per heavy atom. The number of aliphatic imine (C=N–C) groups is 1. The summed E-state index contributed by atoms with van der Waals surface area (Å²) in [6.45, 7) is 9.05. The molecule has 0 aromatic heterocycles. The van der Waals surface area contributed by atoms with E-state index in [0.29, 0.717) is 13.0 Å². The number of nitrogens with one attached hydrogen (secondary N) is 3. The van der Waals surface area contributed by atoms with Crippen LogP contribution in [-0.4, -0.2) is 51.3 Å². The molecule has 0 aromatic carbocycles. The van der Waals surface area contributed by atoms with Crippen LogP contribution in [-0.2, 0) is 9.53 Å². The number of hydrogen-bond donors (Lipinski definition) is 3. The summed E-state index contributed by atoms with van der Waals surface area (Å²) < 4.78 is 5.49. The summed E-state index contributed by atoms with van der Waals surface area (Å²) in [5.41, 5.74) is 0. The molecular formula is C15H33IN4O2. The first kappa shape index (κ1) is 23.7. The van der Waals surface area contributed by atoms with Crippen molar-refractivity contribution >= 4 is 35.8 Å². The van der Waals surface area contributed by atoms with Crippen molar-refractivity contribution in [2.45, 2.75) is 52.5 Å². The molecule has 0 fully saturated rings. The van der Waals surface area contributed by atoms with Gasteiger partial charge in [-0.25, -0.2) is 0 Å². The van der Waals surface area contributed by atoms with Crippen LogP contribution in [0, 0.1) is 0 Å². The van der Waals surface area contributed by atoms with Crippen molar-refractivity contribution in [3.63, 3.8) is 0 Å². The summed E-state index contributed by atoms with van der Waals surface area (Å²) in [6.07, 6.45) is 3.67. The third kappa shape index (κ3) is 15.8. The summed E-state index contributed by atoms with van der Waals surface area (Å²) in [7, 11) is 1.72. The third-order valence-electron chi connectivity index (χ3n) is 2.72. The van der Waals surface area contributed by atoms with Gasteiger partial charge in [-0.15, -0.1) is 24.0 Å². The van der Waals surface area contributed by atoms with Crippen LogP contribution >= 0.6 is 24.0 Å². The van der Waals surface area contributed by atoms with E-state index in [1.165, 1.54) is 6.42 Å². The van der Waals surface area contributed by atoms with E-state index in [0.717, 1.165) is 38.6 Å². The van der Waals surface area contributed by atoms with Gasteiger partial charge in [-0.2, -0.15) is 0 Å². The topological polar surface area (TPSA) is 74.8 Å². The predicted molar refractivity (Wildman–Crippen MR) is 103 cm³/mol. The van der Waals surface area contributed by atoms with Gasteiger partial charge in [0.1, 0.15) is 0 Å². The minimum atomic E-state index is 0. The molecule has 7 heteroatoms. The maximum absolute atomic E-state index is 11.5. The van der Waals surface area contributed by atoms with Crippen LogP contribution in [0.15, 0.2) is 4.99 Å². The monoisotopic (exact) mass is 428 g/mol. The first-order valence-electron chi connectivity index (χ1n) is 7.91. The molecule has 3 N–H and O–H groups in total. The summed E-state index contributed by atoms with van der Waals surface area (Å²) in [4.78, 5) is 15.6. The molecule has 0 aliphatic rings. The van der Waals surface area contributed by atoms with Gasteiger partial charge >= 0.3 is 0 Å². The van der Waals surface area contributed by atoms with Gasteiger partial charge in [-0.05, 0) is 26.7 Å². The number of nitrogens with zero attached hydrogens (tertiary/aromatic N) is 1. The fourth-order valence-corrected chi connectivity index (χ4v) is 1.64. The van der Waals surface area contributed by atoms with E-state index in [-0.39, 0.29) is 35.9 Å². The molecule has 0 saturated heterocycles. The Balaban J connectivity index is 0. The fraction of sp³-hybridized carbons (Fsp3) is 0.867. The van der Waals surface area contributed by atoms with Crippen molar-refractivity contribution in [1.82, 2.24) is 16.0 Å². The molecule has 0 aromatic rings. The van der Waals surface area contributed by atoms with Crippen molar-refractivity contribution in [1.29, 1.82) is 0 Å². The molecule has 0 unspecified atom stereocenters. The molecule has 0 atom stereocenters. The smallest absolute Gasteiger partial charge is 0.221 e. The molecule has 0 rings (SSSR count). The predicted octanol–water partition coefficient (Wildman–Crippen LogP) is 1.89. The Kier molecular flexibility index (Phi) is 18.1. The molecule has 0 heterocycles. The Labute approximate surface area is 152 Å². The van der Waals surface area contributed by atoms with Gasteiger partial charge in [0.25, 0.3) is 0 Å². The average molecular weight is 428 g/mol. The molecule has 132 valence electrons. The number of amides is 1. The molecule has 0 radical (unpaired) electrons. The molecule has 0 saturated carbocycles. The van der Waals surface area contributed by atoms with Crippen molar-refractivity contribution < 1.29 is 9.53 Å². The van der Waals surface area contributed by atoms with Crippen LogP contribution < -0.4 is 16.0 Å². The van der Waals surface area contributed by atoms with E-state index in [4.69, 9.17) is 4.74 Å². The van der Waals surface area contributed by atoms with Crippen LogP contribution in [0.1, 0.15) is 46.5 Å². The number of carbonyl (C=O) groups excluding carboxylic acids is 1. The minimum Gasteiger partial charge on any atom is -0.381 e. The van der Waals surface area contributed by atoms with Gasteiger partial charge in [-0.1, -0.05) is 13.3 Å². The fourth-order valence-electron chi connectivity index (χ4n) is 1.64. The molecule has 0 aliphatic carbocycles. The van der Waals surface area contributed by atoms with Crippen molar-refractivity contribution in [3.8, 4) is 0 Å². The maximum Gasteiger partial charge on any atom is 0.221 e. The Hall–Kier alpha value is -0.570. The lowest BCUT2D eigenvalue weighted by atomic mass is 10.3. The standard InChI is InChI=1S/C15H32N4O2.HI/c1-5-6-11-21-12-7-9-17-15(16-4)18-10-8-14(20)19-13(2)3;/h13H,5-12H2,1-4H3,(H,19,20)(H2,16,17,18);1H. The van der Waals surface area contributed by atoms with Gasteiger partial charge in [0.15, 0.2) is 5.96 Å². The minimum absolute atomic E-state index is 0. The molecule has 0 aliphatic heterocycles. The lowest BCUT2D eigenvalue weighted by molar-refractivity contribution is -0.121. The Bertz CT molecular complexity index is 299. The van der Waals surface area contributed by atoms with Crippen molar-refractivity contribution in [3.05, 3.63) is 0 Å². The highest BCUT2D eigenvalue weighted by atomic mass is 127.